The van der Waals surface area contributed by atoms with Crippen LogP contribution in [0.25, 0.3) is 0 Å². The average Bonchev–Trinajstić information content (AvgIpc) is 2.27. The third kappa shape index (κ3) is 3.04. The molecule has 0 radical (unpaired) electrons. The number of ether oxygens (including phenoxy) is 1. The van der Waals surface area contributed by atoms with E-state index in [0.29, 0.717) is 5.56 Å². The number of carboxylic acids is 1. The van der Waals surface area contributed by atoms with Gasteiger partial charge in [0.1, 0.15) is 11.9 Å². The lowest BCUT2D eigenvalue weighted by Gasteiger charge is -2.08. The molecule has 0 saturated heterocycles. The van der Waals surface area contributed by atoms with E-state index >= 15 is 0 Å². The number of carbonyl (C=O) groups is 1. The molecule has 0 saturated carbocycles. The van der Waals surface area contributed by atoms with Crippen LogP contribution in [0.5, 0.6) is 0 Å². The van der Waals surface area contributed by atoms with E-state index in [0.717, 1.165) is 6.07 Å². The SMILES string of the molecule is C[C@H](OCc1ccc(F)c(C#N)c1)C(=O)O. The molecule has 5 heteroatoms. The summed E-state index contributed by atoms with van der Waals surface area (Å²) in [5.41, 5.74) is 0.482. The number of carboxylic acid groups (broad SMARTS) is 1. The number of hydrogen-bond acceptors (Lipinski definition) is 3. The van der Waals surface area contributed by atoms with Crippen LogP contribution >= 0.6 is 0 Å². The van der Waals surface area contributed by atoms with E-state index in [1.54, 1.807) is 6.07 Å². The summed E-state index contributed by atoms with van der Waals surface area (Å²) >= 11 is 0. The minimum atomic E-state index is -1.07. The highest BCUT2D eigenvalue weighted by Crippen LogP contribution is 2.11. The lowest BCUT2D eigenvalue weighted by molar-refractivity contribution is -0.149. The van der Waals surface area contributed by atoms with Crippen molar-refractivity contribution in [1.29, 1.82) is 5.26 Å². The number of hydrogen-bond donors (Lipinski definition) is 1. The van der Waals surface area contributed by atoms with Crippen molar-refractivity contribution in [3.63, 3.8) is 0 Å². The van der Waals surface area contributed by atoms with E-state index in [-0.39, 0.29) is 12.2 Å². The maximum Gasteiger partial charge on any atom is 0.332 e. The highest BCUT2D eigenvalue weighted by atomic mass is 19.1. The first-order chi connectivity index (χ1) is 7.54. The van der Waals surface area contributed by atoms with Crippen LogP contribution in [-0.4, -0.2) is 17.2 Å². The molecule has 0 amide bonds. The van der Waals surface area contributed by atoms with Gasteiger partial charge < -0.3 is 9.84 Å². The molecule has 0 aliphatic heterocycles. The van der Waals surface area contributed by atoms with Crippen molar-refractivity contribution in [2.24, 2.45) is 0 Å². The lowest BCUT2D eigenvalue weighted by Crippen LogP contribution is -2.19. The fraction of sp³-hybridized carbons (Fsp3) is 0.273. The summed E-state index contributed by atoms with van der Waals surface area (Å²) in [6.45, 7) is 1.43. The molecule has 0 fully saturated rings. The topological polar surface area (TPSA) is 70.3 Å². The van der Waals surface area contributed by atoms with E-state index in [4.69, 9.17) is 15.1 Å². The van der Waals surface area contributed by atoms with Gasteiger partial charge in [-0.2, -0.15) is 5.26 Å². The molecular formula is C11H10FNO3. The predicted molar refractivity (Wildman–Crippen MR) is 53.0 cm³/mol. The van der Waals surface area contributed by atoms with Gasteiger partial charge in [-0.25, -0.2) is 9.18 Å². The molecule has 1 aromatic carbocycles. The van der Waals surface area contributed by atoms with Gasteiger partial charge in [0.05, 0.1) is 12.2 Å². The molecule has 16 heavy (non-hydrogen) atoms. The first kappa shape index (κ1) is 12.1. The second-order valence-corrected chi connectivity index (χ2v) is 3.22. The summed E-state index contributed by atoms with van der Waals surface area (Å²) < 4.78 is 17.9. The fourth-order valence-corrected chi connectivity index (χ4v) is 1.04. The van der Waals surface area contributed by atoms with Gasteiger partial charge in [0.15, 0.2) is 6.10 Å². The molecule has 0 aliphatic rings. The van der Waals surface area contributed by atoms with Crippen LogP contribution in [0.2, 0.25) is 0 Å². The summed E-state index contributed by atoms with van der Waals surface area (Å²) in [7, 11) is 0. The van der Waals surface area contributed by atoms with Crippen molar-refractivity contribution < 1.29 is 19.0 Å². The van der Waals surface area contributed by atoms with Crippen molar-refractivity contribution in [3.8, 4) is 6.07 Å². The second kappa shape index (κ2) is 5.24. The van der Waals surface area contributed by atoms with Crippen molar-refractivity contribution in [1.82, 2.24) is 0 Å². The Balaban J connectivity index is 2.69. The summed E-state index contributed by atoms with van der Waals surface area (Å²) in [5.74, 6) is -1.67. The minimum absolute atomic E-state index is 0.0302. The van der Waals surface area contributed by atoms with Crippen molar-refractivity contribution >= 4 is 5.97 Å². The summed E-state index contributed by atoms with van der Waals surface area (Å²) in [6.07, 6.45) is -0.935. The summed E-state index contributed by atoms with van der Waals surface area (Å²) in [5, 5.41) is 17.2. The fourth-order valence-electron chi connectivity index (χ4n) is 1.04. The molecule has 1 N–H and O–H groups in total. The molecule has 0 unspecified atom stereocenters. The number of nitriles is 1. The molecular weight excluding hydrogens is 213 g/mol. The van der Waals surface area contributed by atoms with Crippen LogP contribution in [0.4, 0.5) is 4.39 Å². The average molecular weight is 223 g/mol. The zero-order valence-electron chi connectivity index (χ0n) is 8.61. The highest BCUT2D eigenvalue weighted by Gasteiger charge is 2.11. The van der Waals surface area contributed by atoms with Crippen LogP contribution in [0.3, 0.4) is 0 Å². The Morgan fingerprint density at radius 1 is 1.69 bits per heavy atom. The molecule has 1 aromatic rings. The third-order valence-electron chi connectivity index (χ3n) is 2.00. The normalized spacial score (nSPS) is 11.8. The number of nitrogens with zero attached hydrogens (tertiary/aromatic N) is 1. The maximum absolute atomic E-state index is 12.9. The number of halogens is 1. The number of aliphatic carboxylic acids is 1. The van der Waals surface area contributed by atoms with Gasteiger partial charge in [0.2, 0.25) is 0 Å². The standard InChI is InChI=1S/C11H10FNO3/c1-7(11(14)15)16-6-8-2-3-10(12)9(4-8)5-13/h2-4,7H,6H2,1H3,(H,14,15)/t7-/m0/s1. The summed E-state index contributed by atoms with van der Waals surface area (Å²) in [4.78, 5) is 10.5. The van der Waals surface area contributed by atoms with E-state index in [1.807, 2.05) is 0 Å². The highest BCUT2D eigenvalue weighted by molar-refractivity contribution is 5.71. The Morgan fingerprint density at radius 2 is 2.38 bits per heavy atom. The monoisotopic (exact) mass is 223 g/mol. The van der Waals surface area contributed by atoms with E-state index < -0.39 is 17.9 Å². The first-order valence-corrected chi connectivity index (χ1v) is 4.57. The molecule has 4 nitrogen and oxygen atoms in total. The van der Waals surface area contributed by atoms with E-state index in [2.05, 4.69) is 0 Å². The Labute approximate surface area is 91.9 Å². The molecule has 1 atom stereocenters. The van der Waals surface area contributed by atoms with Crippen LogP contribution < -0.4 is 0 Å². The Bertz CT molecular complexity index is 439. The Morgan fingerprint density at radius 3 is 2.94 bits per heavy atom. The van der Waals surface area contributed by atoms with Crippen LogP contribution in [0, 0.1) is 17.1 Å². The molecule has 0 heterocycles. The number of benzene rings is 1. The first-order valence-electron chi connectivity index (χ1n) is 4.57. The zero-order chi connectivity index (χ0) is 12.1. The van der Waals surface area contributed by atoms with Crippen molar-refractivity contribution in [2.75, 3.05) is 0 Å². The smallest absolute Gasteiger partial charge is 0.332 e. The van der Waals surface area contributed by atoms with E-state index in [9.17, 15) is 9.18 Å². The third-order valence-corrected chi connectivity index (χ3v) is 2.00. The van der Waals surface area contributed by atoms with Crippen LogP contribution in [0.15, 0.2) is 18.2 Å². The van der Waals surface area contributed by atoms with Crippen molar-refractivity contribution in [2.45, 2.75) is 19.6 Å². The van der Waals surface area contributed by atoms with Gasteiger partial charge in [0.25, 0.3) is 0 Å². The maximum atomic E-state index is 12.9. The van der Waals surface area contributed by atoms with Gasteiger partial charge in [-0.3, -0.25) is 0 Å². The van der Waals surface area contributed by atoms with Crippen molar-refractivity contribution in [3.05, 3.63) is 35.1 Å². The zero-order valence-corrected chi connectivity index (χ0v) is 8.61. The Kier molecular flexibility index (Phi) is 3.97. The quantitative estimate of drug-likeness (QED) is 0.843. The second-order valence-electron chi connectivity index (χ2n) is 3.22. The van der Waals surface area contributed by atoms with Gasteiger partial charge >= 0.3 is 5.97 Å². The van der Waals surface area contributed by atoms with Crippen LogP contribution in [-0.2, 0) is 16.1 Å². The molecule has 0 aromatic heterocycles. The largest absolute Gasteiger partial charge is 0.479 e. The molecule has 0 bridgehead atoms. The molecule has 84 valence electrons. The van der Waals surface area contributed by atoms with Gasteiger partial charge in [-0.1, -0.05) is 6.07 Å². The van der Waals surface area contributed by atoms with Crippen LogP contribution in [0.1, 0.15) is 18.1 Å². The van der Waals surface area contributed by atoms with E-state index in [1.165, 1.54) is 19.1 Å². The van der Waals surface area contributed by atoms with Gasteiger partial charge in [0, 0.05) is 0 Å². The summed E-state index contributed by atoms with van der Waals surface area (Å²) in [6, 6.07) is 5.64. The molecule has 1 rings (SSSR count). The Hall–Kier alpha value is -1.93. The van der Waals surface area contributed by atoms with Gasteiger partial charge in [-0.05, 0) is 24.6 Å². The lowest BCUT2D eigenvalue weighted by atomic mass is 10.1. The molecule has 0 aliphatic carbocycles. The number of rotatable bonds is 4. The van der Waals surface area contributed by atoms with Gasteiger partial charge in [-0.15, -0.1) is 0 Å². The predicted octanol–water partition coefficient (Wildman–Crippen LogP) is 1.69. The minimum Gasteiger partial charge on any atom is -0.479 e. The molecule has 0 spiro atoms.